The van der Waals surface area contributed by atoms with Crippen LogP contribution in [0.1, 0.15) is 74.6 Å². The van der Waals surface area contributed by atoms with Gasteiger partial charge < -0.3 is 9.47 Å². The second-order valence-corrected chi connectivity index (χ2v) is 10.1. The van der Waals surface area contributed by atoms with Crippen LogP contribution in [0.2, 0.25) is 0 Å². The molecule has 2 heterocycles. The van der Waals surface area contributed by atoms with E-state index in [9.17, 15) is 10.1 Å². The number of aromatic nitrogens is 1. The average Bonchev–Trinajstić information content (AvgIpc) is 3.62. The summed E-state index contributed by atoms with van der Waals surface area (Å²) in [5.41, 5.74) is 4.35. The largest absolute Gasteiger partial charge is 0.345 e. The highest BCUT2D eigenvalue weighted by Gasteiger charge is 2.38. The molecular weight excluding hydrogens is 418 g/mol. The van der Waals surface area contributed by atoms with Crippen LogP contribution in [0.4, 0.5) is 0 Å². The second-order valence-electron chi connectivity index (χ2n) is 10.1. The number of nitriles is 1. The van der Waals surface area contributed by atoms with E-state index >= 15 is 0 Å². The van der Waals surface area contributed by atoms with Crippen molar-refractivity contribution < 1.29 is 4.79 Å². The number of carbonyl (C=O) groups excluding carboxylic acids is 1. The van der Waals surface area contributed by atoms with Gasteiger partial charge in [-0.25, -0.2) is 0 Å². The van der Waals surface area contributed by atoms with Gasteiger partial charge in [0.1, 0.15) is 0 Å². The highest BCUT2D eigenvalue weighted by atomic mass is 16.2. The molecule has 2 atom stereocenters. The molecule has 34 heavy (non-hydrogen) atoms. The van der Waals surface area contributed by atoms with E-state index in [0.717, 1.165) is 44.3 Å². The lowest BCUT2D eigenvalue weighted by atomic mass is 9.83. The maximum absolute atomic E-state index is 14.0. The summed E-state index contributed by atoms with van der Waals surface area (Å²) in [5.74, 6) is 0.846. The van der Waals surface area contributed by atoms with Gasteiger partial charge in [0.25, 0.3) is 0 Å². The van der Waals surface area contributed by atoms with Gasteiger partial charge in [0, 0.05) is 30.3 Å². The molecule has 1 saturated heterocycles. The molecule has 0 N–H and O–H groups in total. The summed E-state index contributed by atoms with van der Waals surface area (Å²) >= 11 is 0. The van der Waals surface area contributed by atoms with Gasteiger partial charge in [-0.2, -0.15) is 5.26 Å². The molecule has 5 rings (SSSR count). The van der Waals surface area contributed by atoms with Crippen molar-refractivity contribution in [2.75, 3.05) is 6.54 Å². The van der Waals surface area contributed by atoms with Gasteiger partial charge in [0.15, 0.2) is 0 Å². The van der Waals surface area contributed by atoms with Crippen LogP contribution in [0, 0.1) is 17.2 Å². The third-order valence-electron chi connectivity index (χ3n) is 8.13. The monoisotopic (exact) mass is 453 g/mol. The number of likely N-dealkylation sites (tertiary alicyclic amines) is 1. The number of nitrogens with zero attached hydrogens (tertiary/aromatic N) is 3. The van der Waals surface area contributed by atoms with Gasteiger partial charge in [0.05, 0.1) is 17.6 Å². The summed E-state index contributed by atoms with van der Waals surface area (Å²) in [4.78, 5) is 16.2. The first-order valence-corrected chi connectivity index (χ1v) is 13.1. The summed E-state index contributed by atoms with van der Waals surface area (Å²) < 4.78 is 2.34. The predicted octanol–water partition coefficient (Wildman–Crippen LogP) is 6.43. The van der Waals surface area contributed by atoms with Crippen molar-refractivity contribution in [2.24, 2.45) is 5.92 Å². The van der Waals surface area contributed by atoms with E-state index in [4.69, 9.17) is 0 Å². The Morgan fingerprint density at radius 1 is 1.06 bits per heavy atom. The molecule has 176 valence electrons. The molecule has 1 aliphatic carbocycles. The summed E-state index contributed by atoms with van der Waals surface area (Å²) in [7, 11) is 0. The number of amides is 1. The summed E-state index contributed by atoms with van der Waals surface area (Å²) in [6.45, 7) is 3.94. The van der Waals surface area contributed by atoms with Gasteiger partial charge in [-0.1, -0.05) is 49.2 Å². The van der Waals surface area contributed by atoms with Gasteiger partial charge in [-0.05, 0) is 80.5 Å². The lowest BCUT2D eigenvalue weighted by Crippen LogP contribution is -2.41. The Kier molecular flexibility index (Phi) is 6.72. The Balaban J connectivity index is 1.35. The van der Waals surface area contributed by atoms with Crippen LogP contribution < -0.4 is 0 Å². The molecule has 4 heteroatoms. The molecule has 2 unspecified atom stereocenters. The molecule has 1 amide bonds. The Morgan fingerprint density at radius 2 is 1.85 bits per heavy atom. The smallest absolute Gasteiger partial charge is 0.230 e. The van der Waals surface area contributed by atoms with Crippen LogP contribution in [-0.2, 0) is 17.8 Å². The number of aryl methyl sites for hydroxylation is 2. The zero-order valence-corrected chi connectivity index (χ0v) is 20.2. The molecule has 2 aromatic carbocycles. The third-order valence-corrected chi connectivity index (χ3v) is 8.13. The normalized spacial score (nSPS) is 19.5. The number of benzene rings is 2. The van der Waals surface area contributed by atoms with E-state index in [1.54, 1.807) is 0 Å². The minimum Gasteiger partial charge on any atom is -0.345 e. The average molecular weight is 454 g/mol. The molecule has 0 bridgehead atoms. The highest BCUT2D eigenvalue weighted by molar-refractivity contribution is 5.85. The Morgan fingerprint density at radius 3 is 2.59 bits per heavy atom. The van der Waals surface area contributed by atoms with Crippen LogP contribution in [0.15, 0.2) is 54.6 Å². The van der Waals surface area contributed by atoms with Crippen molar-refractivity contribution in [3.63, 3.8) is 0 Å². The summed E-state index contributed by atoms with van der Waals surface area (Å²) in [5, 5.41) is 10.5. The highest BCUT2D eigenvalue weighted by Crippen LogP contribution is 2.40. The summed E-state index contributed by atoms with van der Waals surface area (Å²) in [6, 6.07) is 21.3. The lowest BCUT2D eigenvalue weighted by Gasteiger charge is -2.32. The topological polar surface area (TPSA) is 49.0 Å². The number of hydrogen-bond acceptors (Lipinski definition) is 2. The maximum atomic E-state index is 14.0. The molecule has 3 aromatic rings. The Bertz CT molecular complexity index is 1180. The van der Waals surface area contributed by atoms with Crippen molar-refractivity contribution in [1.82, 2.24) is 9.47 Å². The van der Waals surface area contributed by atoms with Gasteiger partial charge in [-0.15, -0.1) is 0 Å². The molecule has 0 spiro atoms. The molecule has 2 aliphatic rings. The fraction of sp³-hybridized carbons (Fsp3) is 0.467. The van der Waals surface area contributed by atoms with Crippen LogP contribution in [0.5, 0.6) is 0 Å². The standard InChI is InChI=1S/C30H35N3O/c1-2-32-27(20-25-15-14-22(21-31)19-28(25)32)17-16-26-13-8-18-33(26)30(34)29(24-11-6-7-12-24)23-9-4-3-5-10-23/h3-5,9-10,14-15,19-20,24,26,29H,2,6-8,11-13,16-18H2,1H3. The van der Waals surface area contributed by atoms with Gasteiger partial charge in [0.2, 0.25) is 5.91 Å². The SMILES string of the molecule is CCn1c(CCC2CCCN2C(=O)C(c2ccccc2)C2CCCC2)cc2ccc(C#N)cc21. The van der Waals surface area contributed by atoms with E-state index in [0.29, 0.717) is 23.4 Å². The number of hydrogen-bond donors (Lipinski definition) is 0. The van der Waals surface area contributed by atoms with Crippen molar-refractivity contribution in [3.05, 3.63) is 71.4 Å². The molecule has 4 nitrogen and oxygen atoms in total. The minimum absolute atomic E-state index is 0.00999. The number of carbonyl (C=O) groups is 1. The van der Waals surface area contributed by atoms with Crippen molar-refractivity contribution in [2.45, 2.75) is 76.8 Å². The first kappa shape index (κ1) is 22.7. The van der Waals surface area contributed by atoms with Crippen LogP contribution in [-0.4, -0.2) is 28.0 Å². The zero-order valence-electron chi connectivity index (χ0n) is 20.2. The molecular formula is C30H35N3O. The van der Waals surface area contributed by atoms with Gasteiger partial charge in [-0.3, -0.25) is 4.79 Å². The molecule has 1 aliphatic heterocycles. The van der Waals surface area contributed by atoms with Crippen molar-refractivity contribution in [3.8, 4) is 6.07 Å². The van der Waals surface area contributed by atoms with Gasteiger partial charge >= 0.3 is 0 Å². The minimum atomic E-state index is 0.00999. The first-order chi connectivity index (χ1) is 16.7. The fourth-order valence-corrected chi connectivity index (χ4v) is 6.45. The maximum Gasteiger partial charge on any atom is 0.230 e. The lowest BCUT2D eigenvalue weighted by molar-refractivity contribution is -0.135. The van der Waals surface area contributed by atoms with Crippen LogP contribution in [0.3, 0.4) is 0 Å². The second kappa shape index (κ2) is 10.1. The summed E-state index contributed by atoms with van der Waals surface area (Å²) in [6.07, 6.45) is 9.00. The fourth-order valence-electron chi connectivity index (χ4n) is 6.45. The molecule has 0 radical (unpaired) electrons. The Labute approximate surface area is 203 Å². The quantitative estimate of drug-likeness (QED) is 0.414. The van der Waals surface area contributed by atoms with E-state index in [1.807, 2.05) is 18.2 Å². The molecule has 1 aromatic heterocycles. The van der Waals surface area contributed by atoms with Crippen LogP contribution in [0.25, 0.3) is 10.9 Å². The molecule has 1 saturated carbocycles. The van der Waals surface area contributed by atoms with E-state index in [1.165, 1.54) is 42.3 Å². The van der Waals surface area contributed by atoms with E-state index in [-0.39, 0.29) is 5.92 Å². The van der Waals surface area contributed by atoms with Crippen molar-refractivity contribution >= 4 is 16.8 Å². The third kappa shape index (κ3) is 4.37. The van der Waals surface area contributed by atoms with E-state index in [2.05, 4.69) is 58.9 Å². The van der Waals surface area contributed by atoms with Crippen molar-refractivity contribution in [1.29, 1.82) is 5.26 Å². The zero-order chi connectivity index (χ0) is 23.5. The Hall–Kier alpha value is -3.06. The first-order valence-electron chi connectivity index (χ1n) is 13.1. The predicted molar refractivity (Wildman–Crippen MR) is 137 cm³/mol. The number of rotatable bonds is 7. The van der Waals surface area contributed by atoms with E-state index < -0.39 is 0 Å². The van der Waals surface area contributed by atoms with Crippen LogP contribution >= 0.6 is 0 Å². The number of fused-ring (bicyclic) bond motifs is 1. The molecule has 2 fully saturated rings.